The number of halogens is 1. The van der Waals surface area contributed by atoms with Gasteiger partial charge in [-0.2, -0.15) is 0 Å². The summed E-state index contributed by atoms with van der Waals surface area (Å²) in [6.45, 7) is 3.71. The van der Waals surface area contributed by atoms with Crippen molar-refractivity contribution in [2.24, 2.45) is 5.73 Å². The lowest BCUT2D eigenvalue weighted by molar-refractivity contribution is -0.119. The Kier molecular flexibility index (Phi) is 6.81. The number of rotatable bonds is 8. The molecule has 0 radical (unpaired) electrons. The molecule has 0 atom stereocenters. The van der Waals surface area contributed by atoms with E-state index in [0.717, 1.165) is 24.9 Å². The molecule has 1 amide bonds. The molecule has 0 saturated carbocycles. The number of phenols is 1. The van der Waals surface area contributed by atoms with Crippen molar-refractivity contribution >= 4 is 21.8 Å². The minimum Gasteiger partial charge on any atom is -0.503 e. The molecule has 0 aliphatic heterocycles. The molecule has 1 rings (SSSR count). The van der Waals surface area contributed by atoms with Gasteiger partial charge in [-0.25, -0.2) is 0 Å². The van der Waals surface area contributed by atoms with Gasteiger partial charge in [-0.1, -0.05) is 13.3 Å². The molecule has 0 unspecified atom stereocenters. The number of unbranched alkanes of at least 4 members (excludes halogenated alkanes) is 1. The number of benzene rings is 1. The molecule has 0 bridgehead atoms. The van der Waals surface area contributed by atoms with Crippen molar-refractivity contribution < 1.29 is 14.6 Å². The lowest BCUT2D eigenvalue weighted by Gasteiger charge is -2.21. The van der Waals surface area contributed by atoms with Gasteiger partial charge in [-0.15, -0.1) is 0 Å². The maximum atomic E-state index is 11.1. The van der Waals surface area contributed by atoms with Crippen LogP contribution < -0.4 is 10.5 Å². The first-order valence-corrected chi connectivity index (χ1v) is 7.33. The Balaban J connectivity index is 2.86. The van der Waals surface area contributed by atoms with Crippen LogP contribution in [0.1, 0.15) is 25.3 Å². The maximum absolute atomic E-state index is 11.1. The molecule has 0 saturated heterocycles. The zero-order valence-corrected chi connectivity index (χ0v) is 13.4. The third-order valence-corrected chi connectivity index (χ3v) is 3.53. The van der Waals surface area contributed by atoms with Gasteiger partial charge in [0.25, 0.3) is 0 Å². The number of nitrogens with two attached hydrogens (primary N) is 1. The molecular weight excluding hydrogens is 324 g/mol. The number of methoxy groups -OCH3 is 1. The van der Waals surface area contributed by atoms with E-state index >= 15 is 0 Å². The molecule has 3 N–H and O–H groups in total. The predicted octanol–water partition coefficient (Wildman–Crippen LogP) is 2.25. The number of hydrogen-bond acceptors (Lipinski definition) is 4. The minimum absolute atomic E-state index is 0.0752. The number of ether oxygens (including phenoxy) is 1. The van der Waals surface area contributed by atoms with Gasteiger partial charge in [0.2, 0.25) is 5.91 Å². The van der Waals surface area contributed by atoms with Crippen molar-refractivity contribution in [1.82, 2.24) is 4.90 Å². The molecule has 1 aromatic carbocycles. The van der Waals surface area contributed by atoms with E-state index in [-0.39, 0.29) is 18.2 Å². The van der Waals surface area contributed by atoms with Crippen molar-refractivity contribution in [3.05, 3.63) is 22.2 Å². The van der Waals surface area contributed by atoms with E-state index < -0.39 is 0 Å². The molecule has 6 heteroatoms. The van der Waals surface area contributed by atoms with E-state index in [9.17, 15) is 9.90 Å². The van der Waals surface area contributed by atoms with Crippen molar-refractivity contribution in [3.63, 3.8) is 0 Å². The number of nitrogens with zero attached hydrogens (tertiary/aromatic N) is 1. The molecule has 0 spiro atoms. The zero-order valence-electron chi connectivity index (χ0n) is 11.9. The Bertz CT molecular complexity index is 466. The highest BCUT2D eigenvalue weighted by Gasteiger charge is 2.13. The highest BCUT2D eigenvalue weighted by atomic mass is 79.9. The summed E-state index contributed by atoms with van der Waals surface area (Å²) in [5, 5.41) is 9.78. The van der Waals surface area contributed by atoms with E-state index in [2.05, 4.69) is 22.9 Å². The third-order valence-electron chi connectivity index (χ3n) is 2.92. The smallest absolute Gasteiger partial charge is 0.231 e. The summed E-state index contributed by atoms with van der Waals surface area (Å²) in [6, 6.07) is 3.58. The second kappa shape index (κ2) is 8.11. The number of aromatic hydroxyl groups is 1. The van der Waals surface area contributed by atoms with Gasteiger partial charge < -0.3 is 15.6 Å². The van der Waals surface area contributed by atoms with Crippen molar-refractivity contribution in [1.29, 1.82) is 0 Å². The van der Waals surface area contributed by atoms with Crippen LogP contribution >= 0.6 is 15.9 Å². The molecule has 0 aliphatic rings. The number of carbonyl (C=O) groups is 1. The molecule has 0 heterocycles. The Morgan fingerprint density at radius 2 is 2.20 bits per heavy atom. The SMILES string of the molecule is CCCCN(CC(N)=O)Cc1cc(Br)c(O)c(OC)c1. The largest absolute Gasteiger partial charge is 0.503 e. The van der Waals surface area contributed by atoms with E-state index in [1.165, 1.54) is 7.11 Å². The third kappa shape index (κ3) is 5.02. The van der Waals surface area contributed by atoms with E-state index in [1.54, 1.807) is 6.07 Å². The summed E-state index contributed by atoms with van der Waals surface area (Å²) in [5.74, 6) is 0.140. The number of amides is 1. The monoisotopic (exact) mass is 344 g/mol. The molecule has 20 heavy (non-hydrogen) atoms. The quantitative estimate of drug-likeness (QED) is 0.758. The molecule has 0 aromatic heterocycles. The molecule has 1 aromatic rings. The zero-order chi connectivity index (χ0) is 15.1. The van der Waals surface area contributed by atoms with Gasteiger partial charge in [0.15, 0.2) is 11.5 Å². The summed E-state index contributed by atoms with van der Waals surface area (Å²) in [6.07, 6.45) is 2.06. The Morgan fingerprint density at radius 1 is 1.50 bits per heavy atom. The normalized spacial score (nSPS) is 10.8. The van der Waals surface area contributed by atoms with Crippen LogP contribution in [-0.4, -0.2) is 36.1 Å². The van der Waals surface area contributed by atoms with Crippen LogP contribution in [0.25, 0.3) is 0 Å². The van der Waals surface area contributed by atoms with Gasteiger partial charge in [0, 0.05) is 6.54 Å². The maximum Gasteiger partial charge on any atom is 0.231 e. The van der Waals surface area contributed by atoms with E-state index in [4.69, 9.17) is 10.5 Å². The summed E-state index contributed by atoms with van der Waals surface area (Å²) < 4.78 is 5.69. The van der Waals surface area contributed by atoms with Crippen LogP contribution in [0, 0.1) is 0 Å². The van der Waals surface area contributed by atoms with Crippen LogP contribution in [-0.2, 0) is 11.3 Å². The van der Waals surface area contributed by atoms with Gasteiger partial charge in [0.1, 0.15) is 0 Å². The van der Waals surface area contributed by atoms with Crippen molar-refractivity contribution in [2.75, 3.05) is 20.2 Å². The number of phenolic OH excluding ortho intramolecular Hbond substituents is 1. The number of hydrogen-bond donors (Lipinski definition) is 2. The lowest BCUT2D eigenvalue weighted by Crippen LogP contribution is -2.34. The van der Waals surface area contributed by atoms with Crippen molar-refractivity contribution in [3.8, 4) is 11.5 Å². The summed E-state index contributed by atoms with van der Waals surface area (Å²) in [7, 11) is 1.50. The lowest BCUT2D eigenvalue weighted by atomic mass is 10.1. The van der Waals surface area contributed by atoms with Crippen molar-refractivity contribution in [2.45, 2.75) is 26.3 Å². The molecular formula is C14H21BrN2O3. The van der Waals surface area contributed by atoms with Crippen LogP contribution in [0.15, 0.2) is 16.6 Å². The summed E-state index contributed by atoms with van der Waals surface area (Å²) >= 11 is 3.29. The highest BCUT2D eigenvalue weighted by molar-refractivity contribution is 9.10. The van der Waals surface area contributed by atoms with Gasteiger partial charge in [0.05, 0.1) is 18.1 Å². The van der Waals surface area contributed by atoms with E-state index in [1.807, 2.05) is 11.0 Å². The average Bonchev–Trinajstić information content (AvgIpc) is 2.39. The van der Waals surface area contributed by atoms with Gasteiger partial charge in [-0.05, 0) is 46.6 Å². The standard InChI is InChI=1S/C14H21BrN2O3/c1-3-4-5-17(9-13(16)18)8-10-6-11(15)14(19)12(7-10)20-2/h6-7,19H,3-5,8-9H2,1-2H3,(H2,16,18). The Hall–Kier alpha value is -1.27. The van der Waals surface area contributed by atoms with Gasteiger partial charge >= 0.3 is 0 Å². The first-order chi connectivity index (χ1) is 9.47. The van der Waals surface area contributed by atoms with Crippen LogP contribution in [0.3, 0.4) is 0 Å². The average molecular weight is 345 g/mol. The summed E-state index contributed by atoms with van der Waals surface area (Å²) in [4.78, 5) is 13.1. The predicted molar refractivity (Wildman–Crippen MR) is 81.7 cm³/mol. The van der Waals surface area contributed by atoms with Crippen LogP contribution in [0.2, 0.25) is 0 Å². The number of primary amides is 1. The second-order valence-electron chi connectivity index (χ2n) is 4.66. The Morgan fingerprint density at radius 3 is 2.75 bits per heavy atom. The first-order valence-electron chi connectivity index (χ1n) is 6.54. The van der Waals surface area contributed by atoms with E-state index in [0.29, 0.717) is 16.8 Å². The van der Waals surface area contributed by atoms with Gasteiger partial charge in [-0.3, -0.25) is 9.69 Å². The highest BCUT2D eigenvalue weighted by Crippen LogP contribution is 2.35. The van der Waals surface area contributed by atoms with Crippen LogP contribution in [0.5, 0.6) is 11.5 Å². The molecule has 112 valence electrons. The Labute approximate surface area is 127 Å². The molecule has 0 aliphatic carbocycles. The second-order valence-corrected chi connectivity index (χ2v) is 5.51. The molecule has 5 nitrogen and oxygen atoms in total. The molecule has 0 fully saturated rings. The fraction of sp³-hybridized carbons (Fsp3) is 0.500. The number of carbonyl (C=O) groups excluding carboxylic acids is 1. The van der Waals surface area contributed by atoms with Crippen LogP contribution in [0.4, 0.5) is 0 Å². The topological polar surface area (TPSA) is 75.8 Å². The summed E-state index contributed by atoms with van der Waals surface area (Å²) in [5.41, 5.74) is 6.22. The minimum atomic E-state index is -0.342. The first kappa shape index (κ1) is 16.8. The fourth-order valence-corrected chi connectivity index (χ4v) is 2.44. The fourth-order valence-electron chi connectivity index (χ4n) is 1.95.